The third-order valence-corrected chi connectivity index (χ3v) is 8.57. The molecule has 0 N–H and O–H groups in total. The molecular weight excluding hydrogens is 555 g/mol. The molecule has 2 aromatic heterocycles. The largest absolute Gasteiger partial charge is 0.494 e. The first-order valence-electron chi connectivity index (χ1n) is 15.2. The Balaban J connectivity index is 1.24. The quantitative estimate of drug-likeness (QED) is 0.184. The number of rotatable bonds is 6. The van der Waals surface area contributed by atoms with E-state index in [1.165, 1.54) is 0 Å². The van der Waals surface area contributed by atoms with Crippen molar-refractivity contribution in [2.24, 2.45) is 0 Å². The predicted octanol–water partition coefficient (Wildman–Crippen LogP) is 7.90. The molecule has 4 aromatic carbocycles. The van der Waals surface area contributed by atoms with Crippen LogP contribution in [-0.2, 0) is 9.31 Å². The van der Waals surface area contributed by atoms with Crippen LogP contribution in [-0.4, -0.2) is 38.3 Å². The van der Waals surface area contributed by atoms with Crippen molar-refractivity contribution in [1.29, 1.82) is 0 Å². The fourth-order valence-corrected chi connectivity index (χ4v) is 5.34. The van der Waals surface area contributed by atoms with Gasteiger partial charge in [-0.15, -0.1) is 0 Å². The van der Waals surface area contributed by atoms with Gasteiger partial charge in [-0.3, -0.25) is 0 Å². The summed E-state index contributed by atoms with van der Waals surface area (Å²) < 4.78 is 12.6. The second-order valence-electron chi connectivity index (χ2n) is 12.2. The lowest BCUT2D eigenvalue weighted by atomic mass is 9.78. The molecule has 1 aliphatic rings. The van der Waals surface area contributed by atoms with E-state index in [2.05, 4.69) is 52.0 Å². The highest BCUT2D eigenvalue weighted by Gasteiger charge is 2.51. The van der Waals surface area contributed by atoms with Crippen molar-refractivity contribution in [2.75, 3.05) is 0 Å². The lowest BCUT2D eigenvalue weighted by molar-refractivity contribution is 0.00578. The molecule has 0 bridgehead atoms. The van der Waals surface area contributed by atoms with Crippen LogP contribution in [0.3, 0.4) is 0 Å². The van der Waals surface area contributed by atoms with E-state index in [-0.39, 0.29) is 0 Å². The van der Waals surface area contributed by atoms with Gasteiger partial charge in [0.15, 0.2) is 17.5 Å². The molecule has 7 heteroatoms. The Bertz CT molecular complexity index is 1910. The Kier molecular flexibility index (Phi) is 7.36. The number of hydrogen-bond donors (Lipinski definition) is 0. The van der Waals surface area contributed by atoms with Crippen LogP contribution in [0.4, 0.5) is 0 Å². The van der Waals surface area contributed by atoms with E-state index >= 15 is 0 Å². The molecule has 0 radical (unpaired) electrons. The van der Waals surface area contributed by atoms with Gasteiger partial charge in [-0.25, -0.2) is 19.9 Å². The molecule has 6 nitrogen and oxygen atoms in total. The molecule has 1 fully saturated rings. The van der Waals surface area contributed by atoms with Crippen LogP contribution in [0.2, 0.25) is 0 Å². The monoisotopic (exact) mass is 588 g/mol. The Morgan fingerprint density at radius 1 is 0.422 bits per heavy atom. The summed E-state index contributed by atoms with van der Waals surface area (Å²) in [5.74, 6) is 1.87. The van der Waals surface area contributed by atoms with Crippen molar-refractivity contribution < 1.29 is 9.31 Å². The van der Waals surface area contributed by atoms with Gasteiger partial charge in [-0.1, -0.05) is 109 Å². The maximum Gasteiger partial charge on any atom is 0.494 e. The van der Waals surface area contributed by atoms with Crippen LogP contribution in [0.15, 0.2) is 127 Å². The number of nitrogens with zero attached hydrogens (tertiary/aromatic N) is 4. The van der Waals surface area contributed by atoms with Gasteiger partial charge in [0.1, 0.15) is 0 Å². The Morgan fingerprint density at radius 3 is 1.40 bits per heavy atom. The molecule has 0 aliphatic carbocycles. The van der Waals surface area contributed by atoms with Crippen LogP contribution < -0.4 is 5.46 Å². The van der Waals surface area contributed by atoms with Crippen LogP contribution in [0.5, 0.6) is 0 Å². The van der Waals surface area contributed by atoms with Crippen LogP contribution >= 0.6 is 0 Å². The predicted molar refractivity (Wildman–Crippen MR) is 181 cm³/mol. The Morgan fingerprint density at radius 2 is 0.844 bits per heavy atom. The number of aromatic nitrogens is 4. The highest BCUT2D eigenvalue weighted by molar-refractivity contribution is 6.62. The second kappa shape index (κ2) is 11.5. The summed E-state index contributed by atoms with van der Waals surface area (Å²) >= 11 is 0. The SMILES string of the molecule is CC1(C)OB(c2cccc(-c3cccc(-c4cccc(-c5nc(-c6ccccc6)nc(-c6ccccc6)n5)c4)n3)c2)OC1(C)C. The lowest BCUT2D eigenvalue weighted by Crippen LogP contribution is -2.41. The van der Waals surface area contributed by atoms with E-state index in [1.807, 2.05) is 103 Å². The smallest absolute Gasteiger partial charge is 0.399 e. The second-order valence-corrected chi connectivity index (χ2v) is 12.2. The average molecular weight is 589 g/mol. The molecule has 1 saturated heterocycles. The topological polar surface area (TPSA) is 70.0 Å². The minimum atomic E-state index is -0.434. The summed E-state index contributed by atoms with van der Waals surface area (Å²) in [6.45, 7) is 8.27. The zero-order valence-electron chi connectivity index (χ0n) is 25.8. The zero-order chi connectivity index (χ0) is 31.0. The molecule has 1 aliphatic heterocycles. The van der Waals surface area contributed by atoms with Gasteiger partial charge in [0.25, 0.3) is 0 Å². The summed E-state index contributed by atoms with van der Waals surface area (Å²) in [5.41, 5.74) is 6.62. The van der Waals surface area contributed by atoms with E-state index in [9.17, 15) is 0 Å². The molecule has 0 atom stereocenters. The fraction of sp³-hybridized carbons (Fsp3) is 0.158. The first-order chi connectivity index (χ1) is 21.8. The Hall–Kier alpha value is -4.98. The minimum absolute atomic E-state index is 0.404. The molecule has 3 heterocycles. The lowest BCUT2D eigenvalue weighted by Gasteiger charge is -2.32. The molecule has 0 amide bonds. The van der Waals surface area contributed by atoms with Crippen molar-refractivity contribution in [3.63, 3.8) is 0 Å². The number of benzene rings is 4. The van der Waals surface area contributed by atoms with E-state index in [0.717, 1.165) is 44.7 Å². The van der Waals surface area contributed by atoms with Gasteiger partial charge in [-0.05, 0) is 56.9 Å². The summed E-state index contributed by atoms with van der Waals surface area (Å²) in [5, 5.41) is 0. The van der Waals surface area contributed by atoms with Crippen molar-refractivity contribution in [2.45, 2.75) is 38.9 Å². The highest BCUT2D eigenvalue weighted by atomic mass is 16.7. The molecule has 6 aromatic rings. The molecular formula is C38H33BN4O2. The summed E-state index contributed by atoms with van der Waals surface area (Å²) in [6, 6.07) is 42.5. The first-order valence-corrected chi connectivity index (χ1v) is 15.2. The van der Waals surface area contributed by atoms with E-state index in [4.69, 9.17) is 29.2 Å². The van der Waals surface area contributed by atoms with E-state index in [1.54, 1.807) is 0 Å². The van der Waals surface area contributed by atoms with Crippen molar-refractivity contribution >= 4 is 12.6 Å². The van der Waals surface area contributed by atoms with Gasteiger partial charge in [0, 0.05) is 22.3 Å². The normalized spacial score (nSPS) is 15.2. The van der Waals surface area contributed by atoms with Crippen molar-refractivity contribution in [3.05, 3.63) is 127 Å². The van der Waals surface area contributed by atoms with Gasteiger partial charge in [0.2, 0.25) is 0 Å². The van der Waals surface area contributed by atoms with Crippen molar-refractivity contribution in [3.8, 4) is 56.7 Å². The van der Waals surface area contributed by atoms with Crippen LogP contribution in [0, 0.1) is 0 Å². The molecule has 7 rings (SSSR count). The van der Waals surface area contributed by atoms with Gasteiger partial charge in [0.05, 0.1) is 22.6 Å². The first kappa shape index (κ1) is 28.8. The van der Waals surface area contributed by atoms with Crippen LogP contribution in [0.25, 0.3) is 56.7 Å². The average Bonchev–Trinajstić information content (AvgIpc) is 3.31. The third-order valence-electron chi connectivity index (χ3n) is 8.57. The summed E-state index contributed by atoms with van der Waals surface area (Å²) in [6.07, 6.45) is 0. The fourth-order valence-electron chi connectivity index (χ4n) is 5.34. The summed E-state index contributed by atoms with van der Waals surface area (Å²) in [7, 11) is -0.434. The van der Waals surface area contributed by atoms with Crippen LogP contribution in [0.1, 0.15) is 27.7 Å². The standard InChI is InChI=1S/C38H33BN4O2/c1-37(2)38(3,4)45-39(44-37)31-21-12-19-29(25-31)33-23-13-22-32(40-33)28-18-11-20-30(24-28)36-42-34(26-14-7-5-8-15-26)41-35(43-36)27-16-9-6-10-17-27/h5-25H,1-4H3. The van der Waals surface area contributed by atoms with Gasteiger partial charge >= 0.3 is 7.12 Å². The molecule has 45 heavy (non-hydrogen) atoms. The number of hydrogen-bond acceptors (Lipinski definition) is 6. The zero-order valence-corrected chi connectivity index (χ0v) is 25.8. The van der Waals surface area contributed by atoms with Crippen molar-refractivity contribution in [1.82, 2.24) is 19.9 Å². The summed E-state index contributed by atoms with van der Waals surface area (Å²) in [4.78, 5) is 19.7. The third kappa shape index (κ3) is 5.80. The van der Waals surface area contributed by atoms with Gasteiger partial charge in [-0.2, -0.15) is 0 Å². The molecule has 0 saturated carbocycles. The molecule has 220 valence electrons. The van der Waals surface area contributed by atoms with Gasteiger partial charge < -0.3 is 9.31 Å². The highest BCUT2D eigenvalue weighted by Crippen LogP contribution is 2.37. The van der Waals surface area contributed by atoms with E-state index in [0.29, 0.717) is 17.5 Å². The molecule has 0 unspecified atom stereocenters. The van der Waals surface area contributed by atoms with E-state index < -0.39 is 18.3 Å². The minimum Gasteiger partial charge on any atom is -0.399 e. The molecule has 0 spiro atoms. The maximum atomic E-state index is 6.30. The Labute approximate surface area is 264 Å². The number of pyridine rings is 1. The maximum absolute atomic E-state index is 6.30.